The molecule has 0 aliphatic carbocycles. The number of ether oxygens (including phenoxy) is 1. The molecule has 3 rings (SSSR count). The van der Waals surface area contributed by atoms with Gasteiger partial charge in [0.2, 0.25) is 0 Å². The van der Waals surface area contributed by atoms with Crippen LogP contribution in [0.2, 0.25) is 0 Å². The molecule has 0 saturated carbocycles. The van der Waals surface area contributed by atoms with Crippen molar-refractivity contribution in [3.63, 3.8) is 0 Å². The second-order valence-corrected chi connectivity index (χ2v) is 11.2. The third-order valence-electron chi connectivity index (χ3n) is 4.66. The van der Waals surface area contributed by atoms with Gasteiger partial charge in [-0.1, -0.05) is 51.1 Å². The van der Waals surface area contributed by atoms with E-state index in [1.807, 2.05) is 24.3 Å². The molecule has 30 heavy (non-hydrogen) atoms. The van der Waals surface area contributed by atoms with E-state index in [2.05, 4.69) is 20.8 Å². The highest BCUT2D eigenvalue weighted by atomic mass is 31.1. The summed E-state index contributed by atoms with van der Waals surface area (Å²) in [6.45, 7) is 6.30. The predicted octanol–water partition coefficient (Wildman–Crippen LogP) is 7.45. The summed E-state index contributed by atoms with van der Waals surface area (Å²) < 4.78 is 84.2. The van der Waals surface area contributed by atoms with Gasteiger partial charge in [0.05, 0.1) is 11.1 Å². The number of rotatable bonds is 3. The molecule has 0 N–H and O–H groups in total. The zero-order chi connectivity index (χ0) is 22.3. The second-order valence-electron chi connectivity index (χ2n) is 8.06. The first-order valence-electron chi connectivity index (χ1n) is 9.28. The standard InChI is InChI=1S/C22H21F6OP/c1-20(2,3)30-18-9-5-4-8-17(18)29-19(30)10-6-7-14-11-15(21(23,24)25)13-16(12-14)22(26,27)28/h4-9,11-13,19H,10H2,1-3H3/b7-6+/t19-,30+/m1/s1. The molecule has 0 aromatic heterocycles. The Kier molecular flexibility index (Phi) is 5.98. The molecule has 1 aliphatic heterocycles. The summed E-state index contributed by atoms with van der Waals surface area (Å²) in [5.74, 6) is 0.594. The molecule has 0 saturated heterocycles. The first-order valence-corrected chi connectivity index (χ1v) is 10.7. The fraction of sp³-hybridized carbons (Fsp3) is 0.364. The first kappa shape index (κ1) is 22.7. The van der Waals surface area contributed by atoms with Crippen LogP contribution in [0.25, 0.3) is 6.08 Å². The van der Waals surface area contributed by atoms with Gasteiger partial charge < -0.3 is 4.74 Å². The van der Waals surface area contributed by atoms with Crippen molar-refractivity contribution in [2.24, 2.45) is 0 Å². The van der Waals surface area contributed by atoms with Gasteiger partial charge >= 0.3 is 12.4 Å². The monoisotopic (exact) mass is 446 g/mol. The lowest BCUT2D eigenvalue weighted by molar-refractivity contribution is -0.143. The van der Waals surface area contributed by atoms with Crippen LogP contribution >= 0.6 is 7.92 Å². The highest BCUT2D eigenvalue weighted by Gasteiger charge is 2.40. The van der Waals surface area contributed by atoms with Crippen LogP contribution in [-0.4, -0.2) is 11.0 Å². The van der Waals surface area contributed by atoms with Gasteiger partial charge in [-0.3, -0.25) is 0 Å². The average Bonchev–Trinajstić information content (AvgIpc) is 2.98. The number of alkyl halides is 6. The second kappa shape index (κ2) is 7.92. The van der Waals surface area contributed by atoms with E-state index in [1.54, 1.807) is 6.08 Å². The molecule has 2 atom stereocenters. The van der Waals surface area contributed by atoms with Crippen molar-refractivity contribution in [1.29, 1.82) is 0 Å². The van der Waals surface area contributed by atoms with E-state index in [0.717, 1.165) is 23.2 Å². The van der Waals surface area contributed by atoms with Gasteiger partial charge in [-0.05, 0) is 42.9 Å². The molecule has 2 aromatic carbocycles. The van der Waals surface area contributed by atoms with Crippen molar-refractivity contribution in [2.75, 3.05) is 0 Å². The Balaban J connectivity index is 1.86. The molecular weight excluding hydrogens is 425 g/mol. The molecular formula is C22H21F6OP. The first-order chi connectivity index (χ1) is 13.8. The molecule has 162 valence electrons. The third kappa shape index (κ3) is 5.00. The molecule has 0 unspecified atom stereocenters. The molecule has 0 amide bonds. The highest BCUT2D eigenvalue weighted by Crippen LogP contribution is 2.59. The zero-order valence-electron chi connectivity index (χ0n) is 16.6. The fourth-order valence-electron chi connectivity index (χ4n) is 3.45. The van der Waals surface area contributed by atoms with E-state index in [9.17, 15) is 26.3 Å². The quantitative estimate of drug-likeness (QED) is 0.351. The van der Waals surface area contributed by atoms with Crippen molar-refractivity contribution >= 4 is 19.3 Å². The van der Waals surface area contributed by atoms with Crippen molar-refractivity contribution in [3.8, 4) is 5.75 Å². The minimum absolute atomic E-state index is 0.0693. The average molecular weight is 446 g/mol. The van der Waals surface area contributed by atoms with E-state index < -0.39 is 31.4 Å². The van der Waals surface area contributed by atoms with Crippen LogP contribution in [0, 0.1) is 0 Å². The third-order valence-corrected chi connectivity index (χ3v) is 7.88. The van der Waals surface area contributed by atoms with E-state index in [4.69, 9.17) is 4.74 Å². The Hall–Kier alpha value is -2.01. The van der Waals surface area contributed by atoms with E-state index in [1.165, 1.54) is 6.08 Å². The summed E-state index contributed by atoms with van der Waals surface area (Å²) in [6.07, 6.45) is -6.45. The number of hydrogen-bond acceptors (Lipinski definition) is 1. The Morgan fingerprint density at radius 1 is 0.900 bits per heavy atom. The molecule has 8 heteroatoms. The van der Waals surface area contributed by atoms with Crippen LogP contribution in [0.3, 0.4) is 0 Å². The number of para-hydroxylation sites is 1. The molecule has 1 nitrogen and oxygen atoms in total. The van der Waals surface area contributed by atoms with Gasteiger partial charge in [-0.15, -0.1) is 0 Å². The van der Waals surface area contributed by atoms with Crippen molar-refractivity contribution in [1.82, 2.24) is 0 Å². The van der Waals surface area contributed by atoms with Crippen LogP contribution in [0.5, 0.6) is 5.75 Å². The number of halogens is 6. The van der Waals surface area contributed by atoms with Crippen LogP contribution in [0.1, 0.15) is 43.9 Å². The van der Waals surface area contributed by atoms with Gasteiger partial charge in [-0.2, -0.15) is 26.3 Å². The molecule has 2 aromatic rings. The normalized spacial score (nSPS) is 19.8. The minimum atomic E-state index is -4.86. The molecule has 0 spiro atoms. The lowest BCUT2D eigenvalue weighted by atomic mass is 10.0. The number of hydrogen-bond donors (Lipinski definition) is 0. The fourth-order valence-corrected chi connectivity index (χ4v) is 6.51. The molecule has 0 radical (unpaired) electrons. The summed E-state index contributed by atoms with van der Waals surface area (Å²) >= 11 is 0. The minimum Gasteiger partial charge on any atom is -0.485 e. The van der Waals surface area contributed by atoms with E-state index in [-0.39, 0.29) is 22.6 Å². The Bertz CT molecular complexity index is 908. The summed E-state index contributed by atoms with van der Waals surface area (Å²) in [4.78, 5) is 0. The van der Waals surface area contributed by atoms with Gasteiger partial charge in [0, 0.05) is 11.7 Å². The number of benzene rings is 2. The Morgan fingerprint density at radius 3 is 2.00 bits per heavy atom. The maximum Gasteiger partial charge on any atom is 0.416 e. The summed E-state index contributed by atoms with van der Waals surface area (Å²) in [6, 6.07) is 9.27. The summed E-state index contributed by atoms with van der Waals surface area (Å²) in [5.41, 5.74) is -2.79. The molecule has 0 bridgehead atoms. The Labute approximate surface area is 172 Å². The van der Waals surface area contributed by atoms with Gasteiger partial charge in [0.25, 0.3) is 0 Å². The van der Waals surface area contributed by atoms with Crippen molar-refractivity contribution < 1.29 is 31.1 Å². The largest absolute Gasteiger partial charge is 0.485 e. The topological polar surface area (TPSA) is 9.23 Å². The summed E-state index contributed by atoms with van der Waals surface area (Å²) in [7, 11) is -0.729. The summed E-state index contributed by atoms with van der Waals surface area (Å²) in [5, 5.41) is 1.05. The van der Waals surface area contributed by atoms with Crippen LogP contribution in [0.4, 0.5) is 26.3 Å². The van der Waals surface area contributed by atoms with Crippen molar-refractivity contribution in [3.05, 3.63) is 65.2 Å². The molecule has 0 fully saturated rings. The van der Waals surface area contributed by atoms with Crippen LogP contribution < -0.4 is 10.0 Å². The van der Waals surface area contributed by atoms with E-state index in [0.29, 0.717) is 6.42 Å². The van der Waals surface area contributed by atoms with Gasteiger partial charge in [0.15, 0.2) is 0 Å². The zero-order valence-corrected chi connectivity index (χ0v) is 17.5. The highest BCUT2D eigenvalue weighted by molar-refractivity contribution is 7.68. The van der Waals surface area contributed by atoms with Crippen molar-refractivity contribution in [2.45, 2.75) is 50.5 Å². The lowest BCUT2D eigenvalue weighted by Crippen LogP contribution is -2.23. The predicted molar refractivity (Wildman–Crippen MR) is 107 cm³/mol. The number of fused-ring (bicyclic) bond motifs is 1. The smallest absolute Gasteiger partial charge is 0.416 e. The maximum atomic E-state index is 13.0. The maximum absolute atomic E-state index is 13.0. The van der Waals surface area contributed by atoms with Gasteiger partial charge in [0.1, 0.15) is 11.6 Å². The SMILES string of the molecule is CC(C)(C)[P@@]1c2ccccc2O[C@H]1C/C=C/c1cc(C(F)(F)F)cc(C(F)(F)F)c1. The lowest BCUT2D eigenvalue weighted by Gasteiger charge is -2.31. The van der Waals surface area contributed by atoms with Crippen LogP contribution in [0.15, 0.2) is 48.5 Å². The van der Waals surface area contributed by atoms with Gasteiger partial charge in [-0.25, -0.2) is 0 Å². The van der Waals surface area contributed by atoms with E-state index >= 15 is 0 Å². The molecule has 1 heterocycles. The molecule has 1 aliphatic rings. The van der Waals surface area contributed by atoms with Crippen LogP contribution in [-0.2, 0) is 12.4 Å². The Morgan fingerprint density at radius 2 is 1.47 bits per heavy atom.